The second-order valence-electron chi connectivity index (χ2n) is 4.65. The van der Waals surface area contributed by atoms with Gasteiger partial charge in [-0.2, -0.15) is 0 Å². The average molecular weight is 300 g/mol. The lowest BCUT2D eigenvalue weighted by molar-refractivity contribution is -0.0520. The van der Waals surface area contributed by atoms with Crippen LogP contribution in [0.4, 0.5) is 11.5 Å². The highest BCUT2D eigenvalue weighted by atomic mass is 31.1. The molecule has 1 aliphatic rings. The molecule has 110 valence electrons. The molecule has 0 amide bonds. The van der Waals surface area contributed by atoms with Crippen molar-refractivity contribution in [1.29, 1.82) is 0 Å². The number of aromatic nitrogens is 2. The molecule has 1 aromatic rings. The van der Waals surface area contributed by atoms with Gasteiger partial charge in [0, 0.05) is 0 Å². The molecule has 0 aliphatic carbocycles. The van der Waals surface area contributed by atoms with E-state index in [4.69, 9.17) is 10.5 Å². The van der Waals surface area contributed by atoms with E-state index in [0.29, 0.717) is 30.3 Å². The van der Waals surface area contributed by atoms with Crippen molar-refractivity contribution in [3.8, 4) is 0 Å². The van der Waals surface area contributed by atoms with Crippen molar-refractivity contribution in [1.82, 2.24) is 14.6 Å². The zero-order valence-corrected chi connectivity index (χ0v) is 12.4. The molecule has 1 aromatic heterocycles. The van der Waals surface area contributed by atoms with E-state index in [2.05, 4.69) is 15.3 Å². The Morgan fingerprint density at radius 2 is 2.35 bits per heavy atom. The minimum Gasteiger partial charge on any atom is -0.394 e. The zero-order valence-electron chi connectivity index (χ0n) is 11.5. The second kappa shape index (κ2) is 6.41. The molecule has 20 heavy (non-hydrogen) atoms. The number of hydrogen-bond donors (Lipinski definition) is 3. The van der Waals surface area contributed by atoms with Gasteiger partial charge in [0.15, 0.2) is 5.82 Å². The first-order chi connectivity index (χ1) is 9.51. The fourth-order valence-corrected chi connectivity index (χ4v) is 2.63. The van der Waals surface area contributed by atoms with Gasteiger partial charge < -0.3 is 15.8 Å². The number of hydrogen-bond acceptors (Lipinski definition) is 6. The van der Waals surface area contributed by atoms with Crippen molar-refractivity contribution < 1.29 is 14.2 Å². The first kappa shape index (κ1) is 15.1. The Balaban J connectivity index is 2.11. The van der Waals surface area contributed by atoms with Crippen molar-refractivity contribution in [3.05, 3.63) is 12.0 Å². The molecule has 0 saturated carbocycles. The number of aryl methyl sites for hydroxylation is 1. The van der Waals surface area contributed by atoms with Crippen molar-refractivity contribution in [3.63, 3.8) is 0 Å². The number of nitrogen functional groups attached to an aromatic ring is 1. The lowest BCUT2D eigenvalue weighted by Gasteiger charge is -2.32. The second-order valence-corrected chi connectivity index (χ2v) is 5.72. The van der Waals surface area contributed by atoms with Gasteiger partial charge in [-0.15, -0.1) is 4.89 Å². The van der Waals surface area contributed by atoms with E-state index in [0.717, 1.165) is 6.42 Å². The Morgan fingerprint density at radius 1 is 1.60 bits per heavy atom. The molecule has 4 N–H and O–H groups in total. The Morgan fingerprint density at radius 3 is 3.00 bits per heavy atom. The molecule has 1 aliphatic heterocycles. The predicted molar refractivity (Wildman–Crippen MR) is 75.2 cm³/mol. The van der Waals surface area contributed by atoms with E-state index in [1.807, 2.05) is 6.92 Å². The number of morpholine rings is 1. The highest BCUT2D eigenvalue weighted by Crippen LogP contribution is 2.28. The number of anilines is 2. The first-order valence-corrected chi connectivity index (χ1v) is 7.57. The third-order valence-corrected chi connectivity index (χ3v) is 4.04. The summed E-state index contributed by atoms with van der Waals surface area (Å²) in [6.45, 7) is 4.50. The molecule has 0 spiro atoms. The fourth-order valence-electron chi connectivity index (χ4n) is 2.02. The van der Waals surface area contributed by atoms with Crippen LogP contribution >= 0.6 is 8.18 Å². The van der Waals surface area contributed by atoms with Crippen LogP contribution in [0.15, 0.2) is 6.33 Å². The van der Waals surface area contributed by atoms with Crippen LogP contribution in [0.3, 0.4) is 0 Å². The molecule has 0 aromatic carbocycles. The summed E-state index contributed by atoms with van der Waals surface area (Å²) >= 11 is 0. The summed E-state index contributed by atoms with van der Waals surface area (Å²) in [7, 11) is -2.37. The van der Waals surface area contributed by atoms with Gasteiger partial charge in [-0.25, -0.2) is 9.97 Å². The van der Waals surface area contributed by atoms with Gasteiger partial charge in [-0.1, -0.05) is 11.6 Å². The molecular weight excluding hydrogens is 281 g/mol. The van der Waals surface area contributed by atoms with E-state index in [1.54, 1.807) is 6.92 Å². The van der Waals surface area contributed by atoms with Crippen LogP contribution in [0.1, 0.15) is 19.0 Å². The van der Waals surface area contributed by atoms with E-state index < -0.39 is 14.4 Å². The Labute approximate surface area is 118 Å². The molecule has 1 saturated heterocycles. The van der Waals surface area contributed by atoms with E-state index in [9.17, 15) is 9.46 Å². The summed E-state index contributed by atoms with van der Waals surface area (Å²) < 4.78 is 18.6. The number of ether oxygens (including phenoxy) is 1. The maximum absolute atomic E-state index is 11.3. The largest absolute Gasteiger partial charge is 0.613 e. The molecule has 2 heterocycles. The zero-order chi connectivity index (χ0) is 14.7. The average Bonchev–Trinajstić information content (AvgIpc) is 2.43. The number of rotatable bonds is 4. The van der Waals surface area contributed by atoms with Crippen LogP contribution in [0.5, 0.6) is 0 Å². The highest BCUT2D eigenvalue weighted by molar-refractivity contribution is 7.35. The lowest BCUT2D eigenvalue weighted by atomic mass is 10.2. The summed E-state index contributed by atoms with van der Waals surface area (Å²) in [5.74, 6) is 0.479. The molecule has 3 unspecified atom stereocenters. The SMILES string of the molecule is CCC1CN([P+](=O)O)CC(Nc2ncnc(C)c2N)O1. The standard InChI is InChI=1S/C11H18N5O3P/c1-3-8-4-16(20(17)18)5-9(19-8)15-11-10(12)7(2)13-6-14-11/h6,8-9H,3-5,12H2,1-2H3,(H-,13,14,15,17,18)/p+1. The fraction of sp³-hybridized carbons (Fsp3) is 0.636. The van der Waals surface area contributed by atoms with Crippen LogP contribution in [0.2, 0.25) is 0 Å². The molecule has 0 bridgehead atoms. The molecule has 1 fully saturated rings. The quantitative estimate of drug-likeness (QED) is 0.702. The Kier molecular flexibility index (Phi) is 4.82. The maximum Gasteiger partial charge on any atom is 0.613 e. The van der Waals surface area contributed by atoms with Gasteiger partial charge in [0.1, 0.15) is 12.6 Å². The predicted octanol–water partition coefficient (Wildman–Crippen LogP) is 0.866. The van der Waals surface area contributed by atoms with Crippen LogP contribution in [-0.2, 0) is 9.30 Å². The third-order valence-electron chi connectivity index (χ3n) is 3.23. The summed E-state index contributed by atoms with van der Waals surface area (Å²) in [4.78, 5) is 17.3. The minimum atomic E-state index is -2.37. The van der Waals surface area contributed by atoms with Crippen molar-refractivity contribution in [2.24, 2.45) is 0 Å². The van der Waals surface area contributed by atoms with Gasteiger partial charge in [-0.05, 0) is 17.9 Å². The maximum atomic E-state index is 11.3. The van der Waals surface area contributed by atoms with Crippen LogP contribution in [0, 0.1) is 6.92 Å². The van der Waals surface area contributed by atoms with E-state index in [-0.39, 0.29) is 6.10 Å². The van der Waals surface area contributed by atoms with Crippen LogP contribution in [-0.4, -0.2) is 45.0 Å². The summed E-state index contributed by atoms with van der Waals surface area (Å²) in [5.41, 5.74) is 7.03. The number of nitrogens with one attached hydrogen (secondary N) is 1. The monoisotopic (exact) mass is 300 g/mol. The highest BCUT2D eigenvalue weighted by Gasteiger charge is 2.37. The smallest absolute Gasteiger partial charge is 0.394 e. The van der Waals surface area contributed by atoms with Crippen LogP contribution < -0.4 is 11.1 Å². The molecule has 3 atom stereocenters. The minimum absolute atomic E-state index is 0.100. The Hall–Kier alpha value is -1.34. The normalized spacial score (nSPS) is 24.4. The van der Waals surface area contributed by atoms with Crippen molar-refractivity contribution in [2.45, 2.75) is 32.6 Å². The number of nitrogens with zero attached hydrogens (tertiary/aromatic N) is 3. The van der Waals surface area contributed by atoms with Gasteiger partial charge in [0.25, 0.3) is 0 Å². The molecular formula is C11H19N5O3P+. The van der Waals surface area contributed by atoms with Crippen LogP contribution in [0.25, 0.3) is 0 Å². The van der Waals surface area contributed by atoms with E-state index >= 15 is 0 Å². The van der Waals surface area contributed by atoms with E-state index in [1.165, 1.54) is 11.0 Å². The summed E-state index contributed by atoms with van der Waals surface area (Å²) in [5, 5.41) is 3.06. The van der Waals surface area contributed by atoms with Crippen molar-refractivity contribution >= 4 is 19.7 Å². The molecule has 9 heteroatoms. The first-order valence-electron chi connectivity index (χ1n) is 6.41. The van der Waals surface area contributed by atoms with Crippen molar-refractivity contribution in [2.75, 3.05) is 24.1 Å². The van der Waals surface area contributed by atoms with Gasteiger partial charge in [0.05, 0.1) is 30.6 Å². The summed E-state index contributed by atoms with van der Waals surface area (Å²) in [6, 6.07) is 0. The summed E-state index contributed by atoms with van der Waals surface area (Å²) in [6.07, 6.45) is 1.64. The lowest BCUT2D eigenvalue weighted by Crippen LogP contribution is -2.47. The Bertz CT molecular complexity index is 501. The van der Waals surface area contributed by atoms with Gasteiger partial charge >= 0.3 is 8.18 Å². The number of nitrogens with two attached hydrogens (primary N) is 1. The third kappa shape index (κ3) is 3.40. The molecule has 8 nitrogen and oxygen atoms in total. The van der Waals surface area contributed by atoms with Gasteiger partial charge in [-0.3, -0.25) is 0 Å². The molecule has 2 rings (SSSR count). The van der Waals surface area contributed by atoms with Gasteiger partial charge in [0.2, 0.25) is 0 Å². The molecule has 0 radical (unpaired) electrons. The topological polar surface area (TPSA) is 114 Å².